The van der Waals surface area contributed by atoms with E-state index in [9.17, 15) is 5.26 Å². The molecule has 0 aliphatic heterocycles. The molecule has 43 heavy (non-hydrogen) atoms. The number of para-hydroxylation sites is 1. The third-order valence-electron chi connectivity index (χ3n) is 7.41. The maximum absolute atomic E-state index is 9.65. The fourth-order valence-electron chi connectivity index (χ4n) is 5.47. The molecule has 0 unspecified atom stereocenters. The van der Waals surface area contributed by atoms with Gasteiger partial charge < -0.3 is 0 Å². The summed E-state index contributed by atoms with van der Waals surface area (Å²) < 4.78 is 2.04. The second-order valence-corrected chi connectivity index (χ2v) is 10.0. The number of rotatable bonds is 4. The average molecular weight is 553 g/mol. The molecule has 0 saturated heterocycles. The standard InChI is InChI=1S/C35H20N8/c36-20-22-12-13-28-31(17-22)43(25-9-2-1-3-10-25)35(42-28)30-19-29(40-34(41-30)24-8-4-14-37-21-24)27-18-23-7-5-15-38-32(23)33-26(27)11-6-16-39-33/h1-19,21H. The summed E-state index contributed by atoms with van der Waals surface area (Å²) in [6, 6.07) is 33.5. The van der Waals surface area contributed by atoms with E-state index >= 15 is 0 Å². The number of hydrogen-bond donors (Lipinski definition) is 0. The van der Waals surface area contributed by atoms with Gasteiger partial charge in [0.05, 0.1) is 39.4 Å². The van der Waals surface area contributed by atoms with Crippen molar-refractivity contribution in [3.8, 4) is 45.9 Å². The maximum atomic E-state index is 9.65. The number of nitrogens with zero attached hydrogens (tertiary/aromatic N) is 8. The second-order valence-electron chi connectivity index (χ2n) is 10.0. The van der Waals surface area contributed by atoms with Gasteiger partial charge in [-0.3, -0.25) is 19.5 Å². The Labute approximate surface area is 245 Å². The largest absolute Gasteiger partial charge is 0.291 e. The van der Waals surface area contributed by atoms with Gasteiger partial charge >= 0.3 is 0 Å². The minimum Gasteiger partial charge on any atom is -0.291 e. The monoisotopic (exact) mass is 552 g/mol. The molecule has 0 aliphatic rings. The van der Waals surface area contributed by atoms with Crippen molar-refractivity contribution in [3.63, 3.8) is 0 Å². The molecule has 0 fully saturated rings. The lowest BCUT2D eigenvalue weighted by Gasteiger charge is -2.13. The van der Waals surface area contributed by atoms with Crippen LogP contribution in [0.25, 0.3) is 72.7 Å². The van der Waals surface area contributed by atoms with E-state index < -0.39 is 0 Å². The van der Waals surface area contributed by atoms with Gasteiger partial charge in [-0.1, -0.05) is 30.3 Å². The van der Waals surface area contributed by atoms with Gasteiger partial charge in [0.1, 0.15) is 5.69 Å². The van der Waals surface area contributed by atoms with Crippen LogP contribution in [0, 0.1) is 11.3 Å². The highest BCUT2D eigenvalue weighted by Crippen LogP contribution is 2.36. The smallest absolute Gasteiger partial charge is 0.164 e. The quantitative estimate of drug-likeness (QED) is 0.213. The van der Waals surface area contributed by atoms with Gasteiger partial charge in [-0.05, 0) is 66.7 Å². The molecular formula is C35H20N8. The van der Waals surface area contributed by atoms with Crippen LogP contribution in [0.3, 0.4) is 0 Å². The summed E-state index contributed by atoms with van der Waals surface area (Å²) in [7, 11) is 0. The van der Waals surface area contributed by atoms with E-state index in [4.69, 9.17) is 19.9 Å². The minimum atomic E-state index is 0.522. The van der Waals surface area contributed by atoms with Crippen LogP contribution in [0.15, 0.2) is 122 Å². The lowest BCUT2D eigenvalue weighted by atomic mass is 10.0. The first-order valence-corrected chi connectivity index (χ1v) is 13.7. The Morgan fingerprint density at radius 1 is 0.674 bits per heavy atom. The third kappa shape index (κ3) is 4.15. The Balaban J connectivity index is 1.46. The van der Waals surface area contributed by atoms with Crippen LogP contribution in [0.5, 0.6) is 0 Å². The first kappa shape index (κ1) is 24.5. The number of hydrogen-bond acceptors (Lipinski definition) is 7. The highest BCUT2D eigenvalue weighted by Gasteiger charge is 2.20. The van der Waals surface area contributed by atoms with Gasteiger partial charge in [0, 0.05) is 52.4 Å². The molecule has 0 radical (unpaired) electrons. The number of fused-ring (bicyclic) bond motifs is 4. The summed E-state index contributed by atoms with van der Waals surface area (Å²) in [5, 5.41) is 11.6. The Morgan fingerprint density at radius 2 is 1.49 bits per heavy atom. The molecule has 0 saturated carbocycles. The van der Waals surface area contributed by atoms with Crippen LogP contribution in [0.4, 0.5) is 0 Å². The molecule has 0 spiro atoms. The fourth-order valence-corrected chi connectivity index (χ4v) is 5.47. The topological polar surface area (TPSA) is 106 Å². The zero-order valence-electron chi connectivity index (χ0n) is 22.6. The normalized spacial score (nSPS) is 11.2. The molecule has 0 N–H and O–H groups in total. The van der Waals surface area contributed by atoms with Gasteiger partial charge in [0.15, 0.2) is 11.6 Å². The number of imidazole rings is 1. The van der Waals surface area contributed by atoms with Crippen LogP contribution in [0.1, 0.15) is 5.56 Å². The summed E-state index contributed by atoms with van der Waals surface area (Å²) in [6.07, 6.45) is 7.05. The lowest BCUT2D eigenvalue weighted by molar-refractivity contribution is 1.07. The predicted octanol–water partition coefficient (Wildman–Crippen LogP) is 7.18. The summed E-state index contributed by atoms with van der Waals surface area (Å²) >= 11 is 0. The fraction of sp³-hybridized carbons (Fsp3) is 0. The van der Waals surface area contributed by atoms with E-state index in [-0.39, 0.29) is 0 Å². The maximum Gasteiger partial charge on any atom is 0.164 e. The van der Waals surface area contributed by atoms with Crippen molar-refractivity contribution in [2.45, 2.75) is 0 Å². The van der Waals surface area contributed by atoms with Crippen LogP contribution >= 0.6 is 0 Å². The van der Waals surface area contributed by atoms with Crippen LogP contribution in [0.2, 0.25) is 0 Å². The Hall–Kier alpha value is -6.33. The SMILES string of the molecule is N#Cc1ccc2nc(-c3cc(-c4cc5cccnc5c5ncccc45)nc(-c4cccnc4)n3)n(-c3ccccc3)c2c1. The summed E-state index contributed by atoms with van der Waals surface area (Å²) in [6.45, 7) is 0. The van der Waals surface area contributed by atoms with Crippen molar-refractivity contribution in [1.82, 2.24) is 34.5 Å². The van der Waals surface area contributed by atoms with Crippen LogP contribution < -0.4 is 0 Å². The number of benzene rings is 3. The van der Waals surface area contributed by atoms with Gasteiger partial charge in [0.25, 0.3) is 0 Å². The van der Waals surface area contributed by atoms with E-state index in [0.717, 1.165) is 55.3 Å². The van der Waals surface area contributed by atoms with Crippen LogP contribution in [-0.4, -0.2) is 34.5 Å². The molecule has 8 nitrogen and oxygen atoms in total. The highest BCUT2D eigenvalue weighted by atomic mass is 15.1. The van der Waals surface area contributed by atoms with Crippen molar-refractivity contribution in [1.29, 1.82) is 5.26 Å². The molecule has 0 aliphatic carbocycles. The Bertz CT molecular complexity index is 2360. The molecule has 5 aromatic heterocycles. The summed E-state index contributed by atoms with van der Waals surface area (Å²) in [4.78, 5) is 28.8. The first-order chi connectivity index (χ1) is 21.3. The highest BCUT2D eigenvalue weighted by molar-refractivity contribution is 6.09. The van der Waals surface area contributed by atoms with Crippen molar-refractivity contribution in [2.24, 2.45) is 0 Å². The van der Waals surface area contributed by atoms with E-state index in [1.54, 1.807) is 30.9 Å². The van der Waals surface area contributed by atoms with Crippen molar-refractivity contribution >= 4 is 32.8 Å². The number of nitriles is 1. The predicted molar refractivity (Wildman–Crippen MR) is 166 cm³/mol. The average Bonchev–Trinajstić information content (AvgIpc) is 3.47. The summed E-state index contributed by atoms with van der Waals surface area (Å²) in [5.74, 6) is 1.16. The van der Waals surface area contributed by atoms with Gasteiger partial charge in [0.2, 0.25) is 0 Å². The van der Waals surface area contributed by atoms with E-state index in [1.807, 2.05) is 89.5 Å². The molecule has 3 aromatic carbocycles. The van der Waals surface area contributed by atoms with Gasteiger partial charge in [-0.15, -0.1) is 0 Å². The summed E-state index contributed by atoms with van der Waals surface area (Å²) in [5.41, 5.74) is 7.71. The number of aromatic nitrogens is 7. The molecular weight excluding hydrogens is 532 g/mol. The molecule has 200 valence electrons. The zero-order valence-corrected chi connectivity index (χ0v) is 22.6. The molecule has 5 heterocycles. The molecule has 8 aromatic rings. The van der Waals surface area contributed by atoms with E-state index in [2.05, 4.69) is 22.1 Å². The van der Waals surface area contributed by atoms with Crippen LogP contribution in [-0.2, 0) is 0 Å². The molecule has 8 heteroatoms. The molecule has 0 bridgehead atoms. The first-order valence-electron chi connectivity index (χ1n) is 13.7. The number of pyridine rings is 3. The Morgan fingerprint density at radius 3 is 2.33 bits per heavy atom. The van der Waals surface area contributed by atoms with Gasteiger partial charge in [-0.2, -0.15) is 5.26 Å². The van der Waals surface area contributed by atoms with E-state index in [1.165, 1.54) is 0 Å². The van der Waals surface area contributed by atoms with Crippen molar-refractivity contribution in [3.05, 3.63) is 127 Å². The Kier molecular flexibility index (Phi) is 5.66. The third-order valence-corrected chi connectivity index (χ3v) is 7.41. The lowest BCUT2D eigenvalue weighted by Crippen LogP contribution is -2.02. The molecule has 8 rings (SSSR count). The second kappa shape index (κ2) is 9.94. The van der Waals surface area contributed by atoms with Gasteiger partial charge in [-0.25, -0.2) is 15.0 Å². The zero-order chi connectivity index (χ0) is 28.8. The van der Waals surface area contributed by atoms with Crippen molar-refractivity contribution < 1.29 is 0 Å². The molecule has 0 amide bonds. The minimum absolute atomic E-state index is 0.522. The van der Waals surface area contributed by atoms with E-state index in [0.29, 0.717) is 22.9 Å². The van der Waals surface area contributed by atoms with Crippen molar-refractivity contribution in [2.75, 3.05) is 0 Å². The molecule has 0 atom stereocenters.